The Morgan fingerprint density at radius 1 is 0.556 bits per heavy atom. The minimum Gasteiger partial charge on any atom is -0.358 e. The van der Waals surface area contributed by atoms with Gasteiger partial charge >= 0.3 is 0 Å². The fourth-order valence-corrected chi connectivity index (χ4v) is 6.58. The highest BCUT2D eigenvalue weighted by atomic mass is 14.9. The number of hydrogen-bond donors (Lipinski definition) is 2. The summed E-state index contributed by atoms with van der Waals surface area (Å²) in [7, 11) is 0. The highest BCUT2D eigenvalue weighted by Crippen LogP contribution is 2.43. The molecular weight excluding hydrogens is 440 g/mol. The van der Waals surface area contributed by atoms with Gasteiger partial charge in [-0.25, -0.2) is 0 Å². The Labute approximate surface area is 216 Å². The van der Waals surface area contributed by atoms with Crippen molar-refractivity contribution in [2.45, 2.75) is 85.5 Å². The predicted molar refractivity (Wildman–Crippen MR) is 154 cm³/mol. The summed E-state index contributed by atoms with van der Waals surface area (Å²) in [5, 5.41) is 0. The molecule has 2 N–H and O–H groups in total. The van der Waals surface area contributed by atoms with E-state index in [0.29, 0.717) is 0 Å². The highest BCUT2D eigenvalue weighted by Gasteiger charge is 2.39. The van der Waals surface area contributed by atoms with Crippen LogP contribution in [0, 0.1) is 5.41 Å². The van der Waals surface area contributed by atoms with Gasteiger partial charge in [-0.05, 0) is 87.1 Å². The van der Waals surface area contributed by atoms with Crippen LogP contribution in [0.15, 0.2) is 69.9 Å². The van der Waals surface area contributed by atoms with Crippen molar-refractivity contribution in [3.8, 4) is 0 Å². The van der Waals surface area contributed by atoms with Crippen molar-refractivity contribution in [1.82, 2.24) is 9.97 Å². The largest absolute Gasteiger partial charge is 0.358 e. The van der Waals surface area contributed by atoms with Gasteiger partial charge < -0.3 is 9.97 Å². The van der Waals surface area contributed by atoms with E-state index in [-0.39, 0.29) is 10.8 Å². The Kier molecular flexibility index (Phi) is 6.40. The van der Waals surface area contributed by atoms with Crippen molar-refractivity contribution < 1.29 is 0 Å². The van der Waals surface area contributed by atoms with Crippen LogP contribution in [0.3, 0.4) is 0 Å². The molecule has 0 aliphatic carbocycles. The number of aliphatic imine (C=N–C) groups is 2. The molecule has 36 heavy (non-hydrogen) atoms. The molecule has 0 atom stereocenters. The zero-order valence-corrected chi connectivity index (χ0v) is 22.8. The van der Waals surface area contributed by atoms with Crippen LogP contribution < -0.4 is 0 Å². The van der Waals surface area contributed by atoms with E-state index < -0.39 is 0 Å². The minimum absolute atomic E-state index is 0.0972. The van der Waals surface area contributed by atoms with Crippen molar-refractivity contribution in [2.75, 3.05) is 0 Å². The van der Waals surface area contributed by atoms with Crippen LogP contribution in [0.5, 0.6) is 0 Å². The van der Waals surface area contributed by atoms with Crippen molar-refractivity contribution >= 4 is 22.6 Å². The van der Waals surface area contributed by atoms with E-state index in [1.165, 1.54) is 33.9 Å². The number of hydrogen-bond acceptors (Lipinski definition) is 2. The summed E-state index contributed by atoms with van der Waals surface area (Å²) < 4.78 is 0. The summed E-state index contributed by atoms with van der Waals surface area (Å²) in [6.45, 7) is 13.6. The molecule has 0 spiro atoms. The molecule has 4 heteroatoms. The molecule has 0 fully saturated rings. The predicted octanol–water partition coefficient (Wildman–Crippen LogP) is 8.53. The number of nitrogens with one attached hydrogen (secondary N) is 2. The summed E-state index contributed by atoms with van der Waals surface area (Å²) in [5.41, 5.74) is 11.6. The standard InChI is InChI=1S/C32H40N4/c1-7-21-23-13-17-27(33-23)31(9-3,10-4)29-19-15-25(35-29)22(8-2)26-16-20-30(36-26)32(11-5,12-6)28-18-14-24(21)34-28/h13-20,33,35H,7-12H2,1-6H3/b24-21-,26-22-. The van der Waals surface area contributed by atoms with E-state index in [1.54, 1.807) is 0 Å². The van der Waals surface area contributed by atoms with Gasteiger partial charge in [0.05, 0.1) is 28.2 Å². The molecule has 0 unspecified atom stereocenters. The molecular formula is C32H40N4. The molecule has 0 saturated carbocycles. The lowest BCUT2D eigenvalue weighted by Gasteiger charge is -2.31. The van der Waals surface area contributed by atoms with Gasteiger partial charge in [-0.3, -0.25) is 9.98 Å². The monoisotopic (exact) mass is 480 g/mol. The average Bonchev–Trinajstić information content (AvgIpc) is 3.71. The van der Waals surface area contributed by atoms with E-state index in [1.807, 2.05) is 0 Å². The zero-order chi connectivity index (χ0) is 25.5. The van der Waals surface area contributed by atoms with Crippen molar-refractivity contribution in [3.05, 3.63) is 82.7 Å². The topological polar surface area (TPSA) is 56.3 Å². The summed E-state index contributed by atoms with van der Waals surface area (Å²) in [6.07, 6.45) is 14.7. The Bertz CT molecular complexity index is 1240. The van der Waals surface area contributed by atoms with Gasteiger partial charge in [0, 0.05) is 39.3 Å². The highest BCUT2D eigenvalue weighted by molar-refractivity contribution is 6.22. The molecule has 3 aliphatic rings. The summed E-state index contributed by atoms with van der Waals surface area (Å²) >= 11 is 0. The van der Waals surface area contributed by atoms with Crippen molar-refractivity contribution in [2.24, 2.45) is 15.4 Å². The molecule has 8 bridgehead atoms. The van der Waals surface area contributed by atoms with Crippen molar-refractivity contribution in [3.63, 3.8) is 0 Å². The first-order valence-electron chi connectivity index (χ1n) is 13.9. The van der Waals surface area contributed by atoms with Crippen LogP contribution in [0.25, 0.3) is 11.1 Å². The maximum absolute atomic E-state index is 5.27. The maximum atomic E-state index is 5.27. The first kappa shape index (κ1) is 24.5. The van der Waals surface area contributed by atoms with Gasteiger partial charge in [-0.2, -0.15) is 0 Å². The Balaban J connectivity index is 1.83. The lowest BCUT2D eigenvalue weighted by Crippen LogP contribution is -2.35. The van der Waals surface area contributed by atoms with Crippen LogP contribution >= 0.6 is 0 Å². The molecule has 2 aromatic rings. The molecule has 5 heterocycles. The lowest BCUT2D eigenvalue weighted by atomic mass is 9.73. The summed E-state index contributed by atoms with van der Waals surface area (Å²) in [4.78, 5) is 18.2. The van der Waals surface area contributed by atoms with Crippen molar-refractivity contribution in [1.29, 1.82) is 0 Å². The average molecular weight is 481 g/mol. The van der Waals surface area contributed by atoms with E-state index in [2.05, 4.69) is 100 Å². The number of aromatic amines is 2. The molecule has 0 amide bonds. The maximum Gasteiger partial charge on any atom is 0.0686 e. The summed E-state index contributed by atoms with van der Waals surface area (Å²) in [5.74, 6) is 0. The smallest absolute Gasteiger partial charge is 0.0686 e. The quantitative estimate of drug-likeness (QED) is 0.416. The van der Waals surface area contributed by atoms with Gasteiger partial charge in [0.15, 0.2) is 0 Å². The second-order valence-electron chi connectivity index (χ2n) is 10.2. The Morgan fingerprint density at radius 2 is 0.972 bits per heavy atom. The number of allylic oxidation sites excluding steroid dienone is 6. The SMILES string of the molecule is CC/C1=C2\C=CC(=N2)C(CC)(CC)C2=N/C(=C(/CC)c3ccc([nH]3)C(CC)(CC)c3ccc1[nH]3)C=C2. The fraction of sp³-hybridized carbons (Fsp3) is 0.438. The summed E-state index contributed by atoms with van der Waals surface area (Å²) in [6, 6.07) is 9.09. The Morgan fingerprint density at radius 3 is 1.33 bits per heavy atom. The van der Waals surface area contributed by atoms with Crippen LogP contribution in [0.2, 0.25) is 0 Å². The zero-order valence-electron chi connectivity index (χ0n) is 22.8. The molecule has 188 valence electrons. The van der Waals surface area contributed by atoms with Gasteiger partial charge in [0.1, 0.15) is 0 Å². The third-order valence-electron chi connectivity index (χ3n) is 9.05. The van der Waals surface area contributed by atoms with E-state index in [0.717, 1.165) is 61.3 Å². The fourth-order valence-electron chi connectivity index (χ4n) is 6.58. The van der Waals surface area contributed by atoms with E-state index in [9.17, 15) is 0 Å². The van der Waals surface area contributed by atoms with Crippen LogP contribution in [0.4, 0.5) is 0 Å². The number of fused-ring (bicyclic) bond motifs is 6. The molecule has 3 aliphatic heterocycles. The third kappa shape index (κ3) is 3.48. The van der Waals surface area contributed by atoms with Gasteiger partial charge in [-0.1, -0.05) is 41.5 Å². The van der Waals surface area contributed by atoms with Crippen LogP contribution in [0.1, 0.15) is 103 Å². The molecule has 0 radical (unpaired) electrons. The van der Waals surface area contributed by atoms with Crippen LogP contribution in [-0.2, 0) is 5.41 Å². The second-order valence-corrected chi connectivity index (χ2v) is 10.2. The Hall–Kier alpha value is -3.14. The normalized spacial score (nSPS) is 23.8. The number of aromatic nitrogens is 2. The first-order valence-corrected chi connectivity index (χ1v) is 13.9. The lowest BCUT2D eigenvalue weighted by molar-refractivity contribution is 0.455. The molecule has 2 aromatic heterocycles. The number of nitrogens with zero attached hydrogens (tertiary/aromatic N) is 2. The number of rotatable bonds is 6. The molecule has 4 nitrogen and oxygen atoms in total. The first-order chi connectivity index (χ1) is 17.5. The van der Waals surface area contributed by atoms with Gasteiger partial charge in [0.25, 0.3) is 0 Å². The number of H-pyrrole nitrogens is 2. The third-order valence-corrected chi connectivity index (χ3v) is 9.05. The van der Waals surface area contributed by atoms with Crippen LogP contribution in [-0.4, -0.2) is 21.4 Å². The van der Waals surface area contributed by atoms with E-state index >= 15 is 0 Å². The second kappa shape index (κ2) is 9.38. The minimum atomic E-state index is -0.188. The molecule has 0 aromatic carbocycles. The van der Waals surface area contributed by atoms with Gasteiger partial charge in [-0.15, -0.1) is 0 Å². The molecule has 0 saturated heterocycles. The van der Waals surface area contributed by atoms with Gasteiger partial charge in [0.2, 0.25) is 0 Å². The molecule has 5 rings (SSSR count). The van der Waals surface area contributed by atoms with E-state index in [4.69, 9.17) is 9.98 Å².